The number of rotatable bonds is 4. The summed E-state index contributed by atoms with van der Waals surface area (Å²) < 4.78 is 19.2. The highest BCUT2D eigenvalue weighted by molar-refractivity contribution is 6.31. The molecule has 0 amide bonds. The molecule has 0 spiro atoms. The second-order valence-corrected chi connectivity index (χ2v) is 4.52. The second-order valence-electron chi connectivity index (χ2n) is 4.12. The zero-order chi connectivity index (χ0) is 13.8. The number of benzene rings is 2. The summed E-state index contributed by atoms with van der Waals surface area (Å²) in [7, 11) is 0. The van der Waals surface area contributed by atoms with Crippen LogP contribution >= 0.6 is 11.6 Å². The van der Waals surface area contributed by atoms with Gasteiger partial charge in [0.25, 0.3) is 0 Å². The molecular weight excluding hydrogens is 265 g/mol. The third-order valence-corrected chi connectivity index (χ3v) is 3.19. The van der Waals surface area contributed by atoms with Crippen LogP contribution in [0.3, 0.4) is 0 Å². The molecule has 2 rings (SSSR count). The van der Waals surface area contributed by atoms with E-state index in [9.17, 15) is 4.39 Å². The van der Waals surface area contributed by atoms with Crippen LogP contribution in [0.5, 0.6) is 5.75 Å². The summed E-state index contributed by atoms with van der Waals surface area (Å²) in [5.74, 6) is 0.368. The van der Waals surface area contributed by atoms with Crippen molar-refractivity contribution in [1.82, 2.24) is 0 Å². The van der Waals surface area contributed by atoms with E-state index in [1.54, 1.807) is 12.1 Å². The lowest BCUT2D eigenvalue weighted by atomic mass is 9.99. The topological polar surface area (TPSA) is 35.2 Å². The fourth-order valence-electron chi connectivity index (χ4n) is 1.91. The molecule has 4 heteroatoms. The summed E-state index contributed by atoms with van der Waals surface area (Å²) in [6.45, 7) is 2.52. The van der Waals surface area contributed by atoms with Gasteiger partial charge in [0.15, 0.2) is 0 Å². The average molecular weight is 280 g/mol. The molecule has 0 aliphatic carbocycles. The Labute approximate surface area is 117 Å². The van der Waals surface area contributed by atoms with Crippen LogP contribution in [0.4, 0.5) is 4.39 Å². The van der Waals surface area contributed by atoms with Crippen LogP contribution in [0, 0.1) is 5.82 Å². The van der Waals surface area contributed by atoms with Gasteiger partial charge in [0.2, 0.25) is 0 Å². The molecule has 19 heavy (non-hydrogen) atoms. The monoisotopic (exact) mass is 279 g/mol. The first-order valence-electron chi connectivity index (χ1n) is 6.05. The van der Waals surface area contributed by atoms with E-state index in [-0.39, 0.29) is 0 Å². The van der Waals surface area contributed by atoms with Crippen molar-refractivity contribution in [1.29, 1.82) is 0 Å². The van der Waals surface area contributed by atoms with Gasteiger partial charge in [-0.15, -0.1) is 0 Å². The van der Waals surface area contributed by atoms with E-state index >= 15 is 0 Å². The normalized spacial score (nSPS) is 12.2. The van der Waals surface area contributed by atoms with Crippen molar-refractivity contribution >= 4 is 11.6 Å². The van der Waals surface area contributed by atoms with Crippen LogP contribution < -0.4 is 10.5 Å². The van der Waals surface area contributed by atoms with Gasteiger partial charge >= 0.3 is 0 Å². The van der Waals surface area contributed by atoms with E-state index in [4.69, 9.17) is 22.1 Å². The minimum Gasteiger partial charge on any atom is -0.494 e. The molecule has 0 aliphatic heterocycles. The summed E-state index contributed by atoms with van der Waals surface area (Å²) in [6, 6.07) is 11.2. The third kappa shape index (κ3) is 3.06. The van der Waals surface area contributed by atoms with Crippen LogP contribution in [0.2, 0.25) is 5.02 Å². The Morgan fingerprint density at radius 2 is 1.89 bits per heavy atom. The quantitative estimate of drug-likeness (QED) is 0.920. The average Bonchev–Trinajstić information content (AvgIpc) is 2.39. The molecule has 2 nitrogen and oxygen atoms in total. The number of ether oxygens (including phenoxy) is 1. The van der Waals surface area contributed by atoms with Crippen LogP contribution in [-0.2, 0) is 0 Å². The maximum absolute atomic E-state index is 13.8. The zero-order valence-corrected chi connectivity index (χ0v) is 11.3. The predicted molar refractivity (Wildman–Crippen MR) is 75.1 cm³/mol. The lowest BCUT2D eigenvalue weighted by Gasteiger charge is -2.15. The molecule has 0 bridgehead atoms. The third-order valence-electron chi connectivity index (χ3n) is 2.86. The van der Waals surface area contributed by atoms with E-state index in [0.29, 0.717) is 17.2 Å². The molecule has 2 aromatic rings. The number of hydrogen-bond donors (Lipinski definition) is 1. The van der Waals surface area contributed by atoms with Gasteiger partial charge in [-0.3, -0.25) is 0 Å². The van der Waals surface area contributed by atoms with Crippen molar-refractivity contribution in [2.45, 2.75) is 13.0 Å². The second kappa shape index (κ2) is 6.04. The fourth-order valence-corrected chi connectivity index (χ4v) is 2.19. The van der Waals surface area contributed by atoms with Crippen molar-refractivity contribution < 1.29 is 9.13 Å². The zero-order valence-electron chi connectivity index (χ0n) is 10.6. The Balaban J connectivity index is 2.31. The van der Waals surface area contributed by atoms with Gasteiger partial charge in [-0.1, -0.05) is 29.8 Å². The lowest BCUT2D eigenvalue weighted by molar-refractivity contribution is 0.340. The summed E-state index contributed by atoms with van der Waals surface area (Å²) in [6.07, 6.45) is 0. The molecule has 2 aromatic carbocycles. The molecule has 0 aliphatic rings. The van der Waals surface area contributed by atoms with E-state index in [0.717, 1.165) is 11.3 Å². The molecule has 0 saturated carbocycles. The summed E-state index contributed by atoms with van der Waals surface area (Å²) in [4.78, 5) is 0. The Morgan fingerprint density at radius 3 is 2.47 bits per heavy atom. The maximum Gasteiger partial charge on any atom is 0.129 e. The van der Waals surface area contributed by atoms with Gasteiger partial charge in [-0.05, 0) is 36.8 Å². The molecule has 1 unspecified atom stereocenters. The summed E-state index contributed by atoms with van der Waals surface area (Å²) in [5, 5.41) is 0.335. The molecular formula is C15H15ClFNO. The van der Waals surface area contributed by atoms with Crippen molar-refractivity contribution in [2.24, 2.45) is 5.73 Å². The van der Waals surface area contributed by atoms with Gasteiger partial charge in [0.1, 0.15) is 11.6 Å². The molecule has 0 radical (unpaired) electrons. The summed E-state index contributed by atoms with van der Waals surface area (Å²) >= 11 is 6.01. The van der Waals surface area contributed by atoms with Crippen LogP contribution in [0.25, 0.3) is 0 Å². The predicted octanol–water partition coefficient (Wildman–Crippen LogP) is 3.93. The molecule has 100 valence electrons. The molecule has 0 fully saturated rings. The first-order chi connectivity index (χ1) is 9.13. The first-order valence-corrected chi connectivity index (χ1v) is 6.43. The van der Waals surface area contributed by atoms with Crippen LogP contribution in [0.1, 0.15) is 24.1 Å². The van der Waals surface area contributed by atoms with Crippen LogP contribution in [-0.4, -0.2) is 6.61 Å². The van der Waals surface area contributed by atoms with Crippen molar-refractivity contribution in [3.63, 3.8) is 0 Å². The molecule has 0 aromatic heterocycles. The molecule has 0 heterocycles. The highest BCUT2D eigenvalue weighted by Gasteiger charge is 2.16. The molecule has 0 saturated heterocycles. The van der Waals surface area contributed by atoms with E-state index < -0.39 is 11.9 Å². The summed E-state index contributed by atoms with van der Waals surface area (Å²) in [5.41, 5.74) is 7.18. The van der Waals surface area contributed by atoms with Gasteiger partial charge in [-0.2, -0.15) is 0 Å². The van der Waals surface area contributed by atoms with E-state index in [2.05, 4.69) is 0 Å². The van der Waals surface area contributed by atoms with Gasteiger partial charge in [-0.25, -0.2) is 4.39 Å². The number of hydrogen-bond acceptors (Lipinski definition) is 2. The maximum atomic E-state index is 13.8. The van der Waals surface area contributed by atoms with Gasteiger partial charge in [0.05, 0.1) is 12.6 Å². The Bertz CT molecular complexity index is 536. The molecule has 1 atom stereocenters. The highest BCUT2D eigenvalue weighted by atomic mass is 35.5. The molecule has 2 N–H and O–H groups in total. The first kappa shape index (κ1) is 13.8. The van der Waals surface area contributed by atoms with Crippen molar-refractivity contribution in [3.05, 3.63) is 64.4 Å². The largest absolute Gasteiger partial charge is 0.494 e. The van der Waals surface area contributed by atoms with E-state index in [1.807, 2.05) is 31.2 Å². The number of nitrogens with two attached hydrogens (primary N) is 1. The minimum atomic E-state index is -0.593. The van der Waals surface area contributed by atoms with Crippen molar-refractivity contribution in [2.75, 3.05) is 6.61 Å². The highest BCUT2D eigenvalue weighted by Crippen LogP contribution is 2.29. The standard InChI is InChI=1S/C15H15ClFNO/c1-2-19-11-8-6-10(7-9-11)15(18)14-12(16)4-3-5-13(14)17/h3-9,15H,2,18H2,1H3. The van der Waals surface area contributed by atoms with E-state index in [1.165, 1.54) is 6.07 Å². The smallest absolute Gasteiger partial charge is 0.129 e. The Morgan fingerprint density at radius 1 is 1.21 bits per heavy atom. The lowest BCUT2D eigenvalue weighted by Crippen LogP contribution is -2.14. The van der Waals surface area contributed by atoms with Gasteiger partial charge in [0, 0.05) is 10.6 Å². The Kier molecular flexibility index (Phi) is 4.40. The number of halogens is 2. The Hall–Kier alpha value is -1.58. The van der Waals surface area contributed by atoms with Crippen molar-refractivity contribution in [3.8, 4) is 5.75 Å². The van der Waals surface area contributed by atoms with Gasteiger partial charge < -0.3 is 10.5 Å². The van der Waals surface area contributed by atoms with Crippen LogP contribution in [0.15, 0.2) is 42.5 Å². The SMILES string of the molecule is CCOc1ccc(C(N)c2c(F)cccc2Cl)cc1. The fraction of sp³-hybridized carbons (Fsp3) is 0.200. The minimum absolute atomic E-state index is 0.313.